The molecule has 0 unspecified atom stereocenters. The van der Waals surface area contributed by atoms with Crippen molar-refractivity contribution in [2.45, 2.75) is 18.9 Å². The zero-order chi connectivity index (χ0) is 14.4. The second kappa shape index (κ2) is 6.92. The molecule has 1 heterocycles. The first-order valence-corrected chi connectivity index (χ1v) is 6.77. The van der Waals surface area contributed by atoms with E-state index in [1.807, 2.05) is 24.1 Å². The molecule has 0 spiro atoms. The Hall–Kier alpha value is -2.06. The number of rotatable bonds is 4. The van der Waals surface area contributed by atoms with Crippen molar-refractivity contribution in [3.05, 3.63) is 29.8 Å². The number of amides is 1. The van der Waals surface area contributed by atoms with Gasteiger partial charge in [-0.25, -0.2) is 0 Å². The molecule has 5 heteroatoms. The van der Waals surface area contributed by atoms with E-state index in [0.717, 1.165) is 31.7 Å². The van der Waals surface area contributed by atoms with Gasteiger partial charge in [0.15, 0.2) is 0 Å². The number of hydrogen-bond acceptors (Lipinski definition) is 4. The molecular formula is C15H19N3O2. The first-order chi connectivity index (χ1) is 9.69. The van der Waals surface area contributed by atoms with Crippen LogP contribution in [-0.4, -0.2) is 38.8 Å². The van der Waals surface area contributed by atoms with Crippen LogP contribution in [0, 0.1) is 11.3 Å². The molecule has 1 aliphatic rings. The number of carbonyl (C=O) groups is 1. The van der Waals surface area contributed by atoms with Gasteiger partial charge in [0, 0.05) is 32.0 Å². The molecule has 1 aliphatic heterocycles. The summed E-state index contributed by atoms with van der Waals surface area (Å²) in [6, 6.07) is 9.51. The topological polar surface area (TPSA) is 65.4 Å². The van der Waals surface area contributed by atoms with E-state index in [0.29, 0.717) is 12.1 Å². The number of nitrogens with zero attached hydrogens (tertiary/aromatic N) is 2. The van der Waals surface area contributed by atoms with Crippen LogP contribution >= 0.6 is 0 Å². The number of anilines is 1. The molecule has 0 atom stereocenters. The van der Waals surface area contributed by atoms with E-state index < -0.39 is 0 Å². The molecule has 1 N–H and O–H groups in total. The highest BCUT2D eigenvalue weighted by Gasteiger charge is 2.16. The van der Waals surface area contributed by atoms with Crippen molar-refractivity contribution in [1.29, 1.82) is 5.26 Å². The number of hydrogen-bond donors (Lipinski definition) is 1. The maximum absolute atomic E-state index is 12.0. The Kier molecular flexibility index (Phi) is 4.97. The van der Waals surface area contributed by atoms with Crippen LogP contribution in [-0.2, 0) is 9.53 Å². The fourth-order valence-corrected chi connectivity index (χ4v) is 2.21. The molecule has 5 nitrogen and oxygen atoms in total. The summed E-state index contributed by atoms with van der Waals surface area (Å²) in [5.41, 5.74) is 1.54. The van der Waals surface area contributed by atoms with Crippen LogP contribution in [0.5, 0.6) is 0 Å². The second-order valence-electron chi connectivity index (χ2n) is 4.97. The number of ether oxygens (including phenoxy) is 1. The SMILES string of the molecule is CN(CC(=O)NC1CCOCC1)c1ccc(C#N)cc1. The fraction of sp³-hybridized carbons (Fsp3) is 0.467. The van der Waals surface area contributed by atoms with E-state index in [4.69, 9.17) is 10.00 Å². The molecular weight excluding hydrogens is 254 g/mol. The van der Waals surface area contributed by atoms with Crippen molar-refractivity contribution >= 4 is 11.6 Å². The quantitative estimate of drug-likeness (QED) is 0.897. The standard InChI is InChI=1S/C15H19N3O2/c1-18(14-4-2-12(10-16)3-5-14)11-15(19)17-13-6-8-20-9-7-13/h2-5,13H,6-9,11H2,1H3,(H,17,19). The van der Waals surface area contributed by atoms with Crippen molar-refractivity contribution in [3.63, 3.8) is 0 Å². The van der Waals surface area contributed by atoms with Gasteiger partial charge in [0.1, 0.15) is 0 Å². The van der Waals surface area contributed by atoms with E-state index >= 15 is 0 Å². The Balaban J connectivity index is 1.84. The van der Waals surface area contributed by atoms with Gasteiger partial charge in [-0.1, -0.05) is 0 Å². The average Bonchev–Trinajstić information content (AvgIpc) is 2.48. The Labute approximate surface area is 119 Å². The maximum atomic E-state index is 12.0. The molecule has 1 aromatic rings. The van der Waals surface area contributed by atoms with Crippen LogP contribution in [0.2, 0.25) is 0 Å². The maximum Gasteiger partial charge on any atom is 0.239 e. The zero-order valence-electron chi connectivity index (χ0n) is 11.6. The highest BCUT2D eigenvalue weighted by atomic mass is 16.5. The predicted molar refractivity (Wildman–Crippen MR) is 76.4 cm³/mol. The average molecular weight is 273 g/mol. The lowest BCUT2D eigenvalue weighted by molar-refractivity contribution is -0.121. The molecule has 0 radical (unpaired) electrons. The van der Waals surface area contributed by atoms with Crippen LogP contribution in [0.15, 0.2) is 24.3 Å². The minimum Gasteiger partial charge on any atom is -0.381 e. The molecule has 1 aromatic carbocycles. The molecule has 1 saturated heterocycles. The lowest BCUT2D eigenvalue weighted by Crippen LogP contribution is -2.43. The third-order valence-electron chi connectivity index (χ3n) is 3.40. The van der Waals surface area contributed by atoms with Crippen LogP contribution in [0.3, 0.4) is 0 Å². The number of likely N-dealkylation sites (N-methyl/N-ethyl adjacent to an activating group) is 1. The minimum atomic E-state index is 0.0174. The third kappa shape index (κ3) is 3.97. The third-order valence-corrected chi connectivity index (χ3v) is 3.40. The molecule has 0 saturated carbocycles. The van der Waals surface area contributed by atoms with Crippen molar-refractivity contribution in [2.75, 3.05) is 31.7 Å². The monoisotopic (exact) mass is 273 g/mol. The van der Waals surface area contributed by atoms with Gasteiger partial charge in [-0.2, -0.15) is 5.26 Å². The highest BCUT2D eigenvalue weighted by molar-refractivity contribution is 5.81. The zero-order valence-corrected chi connectivity index (χ0v) is 11.6. The van der Waals surface area contributed by atoms with Gasteiger partial charge in [-0.3, -0.25) is 4.79 Å². The van der Waals surface area contributed by atoms with Crippen molar-refractivity contribution in [1.82, 2.24) is 5.32 Å². The summed E-state index contributed by atoms with van der Waals surface area (Å²) in [5, 5.41) is 11.8. The summed E-state index contributed by atoms with van der Waals surface area (Å²) in [6.07, 6.45) is 1.76. The number of carbonyl (C=O) groups excluding carboxylic acids is 1. The van der Waals surface area contributed by atoms with Gasteiger partial charge in [-0.05, 0) is 37.1 Å². The molecule has 0 aromatic heterocycles. The van der Waals surface area contributed by atoms with E-state index in [1.54, 1.807) is 12.1 Å². The van der Waals surface area contributed by atoms with Crippen molar-refractivity contribution in [2.24, 2.45) is 0 Å². The Morgan fingerprint density at radius 3 is 2.65 bits per heavy atom. The first kappa shape index (κ1) is 14.4. The molecule has 20 heavy (non-hydrogen) atoms. The Morgan fingerprint density at radius 1 is 1.40 bits per heavy atom. The lowest BCUT2D eigenvalue weighted by Gasteiger charge is -2.25. The normalized spacial score (nSPS) is 15.4. The summed E-state index contributed by atoms with van der Waals surface area (Å²) in [4.78, 5) is 13.8. The van der Waals surface area contributed by atoms with Crippen LogP contribution < -0.4 is 10.2 Å². The van der Waals surface area contributed by atoms with E-state index in [2.05, 4.69) is 11.4 Å². The first-order valence-electron chi connectivity index (χ1n) is 6.77. The molecule has 0 bridgehead atoms. The predicted octanol–water partition coefficient (Wildman–Crippen LogP) is 1.29. The van der Waals surface area contributed by atoms with Crippen LogP contribution in [0.4, 0.5) is 5.69 Å². The molecule has 0 aliphatic carbocycles. The summed E-state index contributed by atoms with van der Waals surface area (Å²) < 4.78 is 5.27. The van der Waals surface area contributed by atoms with Crippen LogP contribution in [0.1, 0.15) is 18.4 Å². The molecule has 106 valence electrons. The van der Waals surface area contributed by atoms with Gasteiger partial charge in [0.05, 0.1) is 18.2 Å². The van der Waals surface area contributed by atoms with Gasteiger partial charge in [0.2, 0.25) is 5.91 Å². The van der Waals surface area contributed by atoms with E-state index in [9.17, 15) is 4.79 Å². The summed E-state index contributed by atoms with van der Waals surface area (Å²) in [5.74, 6) is 0.0174. The number of benzene rings is 1. The summed E-state index contributed by atoms with van der Waals surface area (Å²) >= 11 is 0. The summed E-state index contributed by atoms with van der Waals surface area (Å²) in [6.45, 7) is 1.75. The number of nitriles is 1. The van der Waals surface area contributed by atoms with Crippen molar-refractivity contribution in [3.8, 4) is 6.07 Å². The largest absolute Gasteiger partial charge is 0.381 e. The Morgan fingerprint density at radius 2 is 2.05 bits per heavy atom. The minimum absolute atomic E-state index is 0.0174. The van der Waals surface area contributed by atoms with E-state index in [-0.39, 0.29) is 11.9 Å². The summed E-state index contributed by atoms with van der Waals surface area (Å²) in [7, 11) is 1.87. The van der Waals surface area contributed by atoms with Crippen molar-refractivity contribution < 1.29 is 9.53 Å². The van der Waals surface area contributed by atoms with Gasteiger partial charge in [-0.15, -0.1) is 0 Å². The smallest absolute Gasteiger partial charge is 0.239 e. The number of nitrogens with one attached hydrogen (secondary N) is 1. The molecule has 2 rings (SSSR count). The molecule has 1 fully saturated rings. The molecule has 1 amide bonds. The van der Waals surface area contributed by atoms with Gasteiger partial charge < -0.3 is 15.0 Å². The van der Waals surface area contributed by atoms with Gasteiger partial charge in [0.25, 0.3) is 0 Å². The fourth-order valence-electron chi connectivity index (χ4n) is 2.21. The Bertz CT molecular complexity index is 487. The van der Waals surface area contributed by atoms with Gasteiger partial charge >= 0.3 is 0 Å². The van der Waals surface area contributed by atoms with Crippen LogP contribution in [0.25, 0.3) is 0 Å². The lowest BCUT2D eigenvalue weighted by atomic mass is 10.1. The van der Waals surface area contributed by atoms with E-state index in [1.165, 1.54) is 0 Å². The second-order valence-corrected chi connectivity index (χ2v) is 4.97. The highest BCUT2D eigenvalue weighted by Crippen LogP contribution is 2.13.